The van der Waals surface area contributed by atoms with E-state index >= 15 is 0 Å². The molecular weight excluding hydrogens is 250 g/mol. The Morgan fingerprint density at radius 3 is 2.65 bits per heavy atom. The van der Waals surface area contributed by atoms with E-state index in [0.717, 1.165) is 12.8 Å². The van der Waals surface area contributed by atoms with Crippen LogP contribution >= 0.6 is 0 Å². The number of ether oxygens (including phenoxy) is 1. The molecule has 0 saturated carbocycles. The molecule has 1 aromatic carbocycles. The first-order valence-corrected chi connectivity index (χ1v) is 7.35. The highest BCUT2D eigenvalue weighted by Crippen LogP contribution is 2.15. The molecule has 0 aromatic heterocycles. The molecule has 1 N–H and O–H groups in total. The van der Waals surface area contributed by atoms with Gasteiger partial charge in [-0.05, 0) is 44.7 Å². The van der Waals surface area contributed by atoms with E-state index in [-0.39, 0.29) is 12.0 Å². The third-order valence-electron chi connectivity index (χ3n) is 3.74. The summed E-state index contributed by atoms with van der Waals surface area (Å²) in [6, 6.07) is 6.99. The molecule has 112 valence electrons. The molecule has 3 nitrogen and oxygen atoms in total. The third-order valence-corrected chi connectivity index (χ3v) is 3.74. The van der Waals surface area contributed by atoms with Crippen LogP contribution in [0.25, 0.3) is 0 Å². The van der Waals surface area contributed by atoms with Crippen LogP contribution in [0.4, 0.5) is 0 Å². The van der Waals surface area contributed by atoms with Gasteiger partial charge in [-0.1, -0.05) is 30.7 Å². The maximum atomic E-state index is 11.6. The van der Waals surface area contributed by atoms with Crippen LogP contribution in [0.1, 0.15) is 43.4 Å². The minimum Gasteiger partial charge on any atom is -0.469 e. The van der Waals surface area contributed by atoms with E-state index in [1.807, 2.05) is 0 Å². The SMILES string of the molecule is CCC(C)NC(CC(=O)OC)Cc1cc(C)ccc1C. The molecule has 0 heterocycles. The summed E-state index contributed by atoms with van der Waals surface area (Å²) < 4.78 is 4.81. The quantitative estimate of drug-likeness (QED) is 0.778. The van der Waals surface area contributed by atoms with Gasteiger partial charge in [0.2, 0.25) is 0 Å². The number of esters is 1. The lowest BCUT2D eigenvalue weighted by Crippen LogP contribution is -2.39. The van der Waals surface area contributed by atoms with Crippen LogP contribution in [-0.4, -0.2) is 25.2 Å². The molecule has 20 heavy (non-hydrogen) atoms. The maximum absolute atomic E-state index is 11.6. The molecular formula is C17H27NO2. The fourth-order valence-electron chi connectivity index (χ4n) is 2.28. The van der Waals surface area contributed by atoms with Gasteiger partial charge in [-0.15, -0.1) is 0 Å². The molecule has 0 aliphatic carbocycles. The largest absolute Gasteiger partial charge is 0.469 e. The maximum Gasteiger partial charge on any atom is 0.307 e. The van der Waals surface area contributed by atoms with E-state index in [2.05, 4.69) is 51.2 Å². The molecule has 0 bridgehead atoms. The van der Waals surface area contributed by atoms with E-state index in [1.54, 1.807) is 0 Å². The minimum absolute atomic E-state index is 0.123. The van der Waals surface area contributed by atoms with Crippen LogP contribution in [0.15, 0.2) is 18.2 Å². The Hall–Kier alpha value is -1.35. The van der Waals surface area contributed by atoms with Crippen LogP contribution in [0.2, 0.25) is 0 Å². The van der Waals surface area contributed by atoms with Crippen LogP contribution < -0.4 is 5.32 Å². The molecule has 1 aromatic rings. The molecule has 0 aliphatic heterocycles. The Labute approximate surface area is 122 Å². The van der Waals surface area contributed by atoms with Gasteiger partial charge >= 0.3 is 5.97 Å². The van der Waals surface area contributed by atoms with Gasteiger partial charge in [-0.25, -0.2) is 0 Å². The zero-order valence-corrected chi connectivity index (χ0v) is 13.3. The fourth-order valence-corrected chi connectivity index (χ4v) is 2.28. The zero-order valence-electron chi connectivity index (χ0n) is 13.3. The highest BCUT2D eigenvalue weighted by atomic mass is 16.5. The van der Waals surface area contributed by atoms with Crippen molar-refractivity contribution in [2.45, 2.75) is 59.0 Å². The number of hydrogen-bond acceptors (Lipinski definition) is 3. The molecule has 2 atom stereocenters. The molecule has 1 rings (SSSR count). The predicted molar refractivity (Wildman–Crippen MR) is 82.9 cm³/mol. The Kier molecular flexibility index (Phi) is 6.73. The first-order chi connectivity index (χ1) is 9.46. The number of nitrogens with one attached hydrogen (secondary N) is 1. The summed E-state index contributed by atoms with van der Waals surface area (Å²) in [5.74, 6) is -0.156. The van der Waals surface area contributed by atoms with Crippen molar-refractivity contribution in [1.82, 2.24) is 5.32 Å². The molecule has 2 unspecified atom stereocenters. The monoisotopic (exact) mass is 277 g/mol. The summed E-state index contributed by atoms with van der Waals surface area (Å²) in [5, 5.41) is 3.53. The second-order valence-corrected chi connectivity index (χ2v) is 5.59. The number of aryl methyl sites for hydroxylation is 2. The van der Waals surface area contributed by atoms with Gasteiger partial charge in [0.1, 0.15) is 0 Å². The van der Waals surface area contributed by atoms with Crippen molar-refractivity contribution in [3.63, 3.8) is 0 Å². The normalized spacial score (nSPS) is 13.8. The predicted octanol–water partition coefficient (Wildman–Crippen LogP) is 3.17. The van der Waals surface area contributed by atoms with Crippen LogP contribution in [0.3, 0.4) is 0 Å². The number of benzene rings is 1. The molecule has 3 heteroatoms. The highest BCUT2D eigenvalue weighted by Gasteiger charge is 2.17. The van der Waals surface area contributed by atoms with E-state index < -0.39 is 0 Å². The van der Waals surface area contributed by atoms with Gasteiger partial charge in [0.25, 0.3) is 0 Å². The fraction of sp³-hybridized carbons (Fsp3) is 0.588. The summed E-state index contributed by atoms with van der Waals surface area (Å²) in [5.41, 5.74) is 3.83. The number of methoxy groups -OCH3 is 1. The molecule has 0 fully saturated rings. The summed E-state index contributed by atoms with van der Waals surface area (Å²) in [6.45, 7) is 8.51. The van der Waals surface area contributed by atoms with Crippen molar-refractivity contribution in [2.75, 3.05) is 7.11 Å². The van der Waals surface area contributed by atoms with Gasteiger partial charge in [-0.2, -0.15) is 0 Å². The van der Waals surface area contributed by atoms with E-state index in [0.29, 0.717) is 12.5 Å². The lowest BCUT2D eigenvalue weighted by atomic mass is 9.97. The summed E-state index contributed by atoms with van der Waals surface area (Å²) in [4.78, 5) is 11.6. The highest BCUT2D eigenvalue weighted by molar-refractivity contribution is 5.70. The van der Waals surface area contributed by atoms with Gasteiger partial charge in [0.05, 0.1) is 13.5 Å². The van der Waals surface area contributed by atoms with Crippen molar-refractivity contribution in [2.24, 2.45) is 0 Å². The average molecular weight is 277 g/mol. The number of rotatable bonds is 7. The van der Waals surface area contributed by atoms with Crippen molar-refractivity contribution in [3.8, 4) is 0 Å². The number of hydrogen-bond donors (Lipinski definition) is 1. The Balaban J connectivity index is 2.81. The second-order valence-electron chi connectivity index (χ2n) is 5.59. The van der Waals surface area contributed by atoms with Gasteiger partial charge in [0, 0.05) is 12.1 Å². The Bertz CT molecular complexity index is 443. The molecule has 0 aliphatic rings. The minimum atomic E-state index is -0.156. The van der Waals surface area contributed by atoms with Gasteiger partial charge < -0.3 is 10.1 Å². The summed E-state index contributed by atoms with van der Waals surface area (Å²) in [6.07, 6.45) is 2.31. The number of carbonyl (C=O) groups is 1. The first kappa shape index (κ1) is 16.7. The molecule has 0 spiro atoms. The number of carbonyl (C=O) groups excluding carboxylic acids is 1. The summed E-state index contributed by atoms with van der Waals surface area (Å²) >= 11 is 0. The lowest BCUT2D eigenvalue weighted by molar-refractivity contribution is -0.141. The molecule has 0 saturated heterocycles. The standard InChI is InChI=1S/C17H27NO2/c1-6-14(4)18-16(11-17(19)20-5)10-15-9-12(2)7-8-13(15)3/h7-9,14,16,18H,6,10-11H2,1-5H3. The van der Waals surface area contributed by atoms with Crippen LogP contribution in [0, 0.1) is 13.8 Å². The third kappa shape index (κ3) is 5.33. The second kappa shape index (κ2) is 8.05. The topological polar surface area (TPSA) is 38.3 Å². The summed E-state index contributed by atoms with van der Waals surface area (Å²) in [7, 11) is 1.44. The Morgan fingerprint density at radius 2 is 2.05 bits per heavy atom. The van der Waals surface area contributed by atoms with E-state index in [4.69, 9.17) is 4.74 Å². The van der Waals surface area contributed by atoms with Crippen LogP contribution in [-0.2, 0) is 16.0 Å². The van der Waals surface area contributed by atoms with Crippen molar-refractivity contribution in [1.29, 1.82) is 0 Å². The zero-order chi connectivity index (χ0) is 15.1. The van der Waals surface area contributed by atoms with E-state index in [9.17, 15) is 4.79 Å². The Morgan fingerprint density at radius 1 is 1.35 bits per heavy atom. The average Bonchev–Trinajstić information content (AvgIpc) is 2.42. The van der Waals surface area contributed by atoms with Crippen molar-refractivity contribution in [3.05, 3.63) is 34.9 Å². The van der Waals surface area contributed by atoms with Gasteiger partial charge in [0.15, 0.2) is 0 Å². The van der Waals surface area contributed by atoms with Crippen molar-refractivity contribution >= 4 is 5.97 Å². The van der Waals surface area contributed by atoms with E-state index in [1.165, 1.54) is 23.8 Å². The van der Waals surface area contributed by atoms with Crippen LogP contribution in [0.5, 0.6) is 0 Å². The lowest BCUT2D eigenvalue weighted by Gasteiger charge is -2.23. The van der Waals surface area contributed by atoms with Crippen molar-refractivity contribution < 1.29 is 9.53 Å². The first-order valence-electron chi connectivity index (χ1n) is 7.35. The van der Waals surface area contributed by atoms with Gasteiger partial charge in [-0.3, -0.25) is 4.79 Å². The molecule has 0 amide bonds. The molecule has 0 radical (unpaired) electrons. The smallest absolute Gasteiger partial charge is 0.307 e.